The van der Waals surface area contributed by atoms with Gasteiger partial charge in [-0.25, -0.2) is 9.69 Å². The molecule has 0 bridgehead atoms. The molecule has 5 rings (SSSR count). The van der Waals surface area contributed by atoms with Gasteiger partial charge in [0.1, 0.15) is 10.7 Å². The molecule has 3 amide bonds. The van der Waals surface area contributed by atoms with Gasteiger partial charge < -0.3 is 15.4 Å². The number of anilines is 3. The second-order valence-corrected chi connectivity index (χ2v) is 9.38. The molecule has 0 radical (unpaired) electrons. The van der Waals surface area contributed by atoms with E-state index >= 15 is 0 Å². The number of nitrogens with zero attached hydrogens (tertiary/aromatic N) is 1. The van der Waals surface area contributed by atoms with Crippen LogP contribution in [-0.2, 0) is 14.3 Å². The zero-order chi connectivity index (χ0) is 28.2. The summed E-state index contributed by atoms with van der Waals surface area (Å²) in [5.41, 5.74) is 1.84. The van der Waals surface area contributed by atoms with E-state index in [9.17, 15) is 19.2 Å². The van der Waals surface area contributed by atoms with Crippen LogP contribution in [0.2, 0.25) is 0 Å². The number of halogens is 1. The fourth-order valence-corrected chi connectivity index (χ4v) is 4.49. The molecule has 0 saturated heterocycles. The summed E-state index contributed by atoms with van der Waals surface area (Å²) in [6.07, 6.45) is 0.666. The van der Waals surface area contributed by atoms with E-state index in [0.29, 0.717) is 23.4 Å². The summed E-state index contributed by atoms with van der Waals surface area (Å²) in [7, 11) is 0. The number of amides is 3. The molecule has 40 heavy (non-hydrogen) atoms. The Morgan fingerprint density at radius 3 is 2.35 bits per heavy atom. The van der Waals surface area contributed by atoms with Crippen LogP contribution in [0.15, 0.2) is 102 Å². The Hall–Kier alpha value is -4.95. The highest BCUT2D eigenvalue weighted by Crippen LogP contribution is 2.31. The molecule has 0 atom stereocenters. The molecule has 200 valence electrons. The number of ether oxygens (including phenoxy) is 1. The van der Waals surface area contributed by atoms with Gasteiger partial charge in [-0.05, 0) is 60.3 Å². The minimum Gasteiger partial charge on any atom is -0.462 e. The number of nitrogens with one attached hydrogen (secondary N) is 2. The van der Waals surface area contributed by atoms with Crippen LogP contribution in [0.25, 0.3) is 10.8 Å². The number of carbonyl (C=O) groups is 4. The lowest BCUT2D eigenvalue weighted by atomic mass is 10.1. The van der Waals surface area contributed by atoms with E-state index in [0.717, 1.165) is 15.7 Å². The Balaban J connectivity index is 1.29. The predicted octanol–water partition coefficient (Wildman–Crippen LogP) is 6.09. The van der Waals surface area contributed by atoms with Gasteiger partial charge in [0.15, 0.2) is 0 Å². The van der Waals surface area contributed by atoms with E-state index in [1.165, 1.54) is 12.1 Å². The number of rotatable bonds is 8. The Labute approximate surface area is 235 Å². The maximum Gasteiger partial charge on any atom is 0.338 e. The summed E-state index contributed by atoms with van der Waals surface area (Å²) in [5, 5.41) is 7.47. The number of hydrogen-bond donors (Lipinski definition) is 2. The van der Waals surface area contributed by atoms with Crippen LogP contribution in [0.1, 0.15) is 34.1 Å². The normalized spacial score (nSPS) is 13.1. The van der Waals surface area contributed by atoms with E-state index in [4.69, 9.17) is 16.3 Å². The average molecular weight is 554 g/mol. The lowest BCUT2D eigenvalue weighted by Crippen LogP contribution is -2.32. The highest BCUT2D eigenvalue weighted by Gasteiger charge is 2.39. The Bertz CT molecular complexity index is 1670. The molecule has 4 aromatic carbocycles. The van der Waals surface area contributed by atoms with Gasteiger partial charge in [0.2, 0.25) is 0 Å². The van der Waals surface area contributed by atoms with Gasteiger partial charge in [-0.2, -0.15) is 0 Å². The molecule has 9 heteroatoms. The maximum atomic E-state index is 13.2. The minimum absolute atomic E-state index is 0.112. The van der Waals surface area contributed by atoms with Crippen molar-refractivity contribution in [3.63, 3.8) is 0 Å². The molecule has 0 unspecified atom stereocenters. The zero-order valence-corrected chi connectivity index (χ0v) is 22.2. The van der Waals surface area contributed by atoms with Crippen molar-refractivity contribution in [2.75, 3.05) is 22.1 Å². The van der Waals surface area contributed by atoms with Crippen LogP contribution in [0.4, 0.5) is 17.1 Å². The van der Waals surface area contributed by atoms with Gasteiger partial charge in [-0.15, -0.1) is 0 Å². The lowest BCUT2D eigenvalue weighted by molar-refractivity contribution is -0.120. The maximum absolute atomic E-state index is 13.2. The fraction of sp³-hybridized carbons (Fsp3) is 0.0968. The van der Waals surface area contributed by atoms with Crippen LogP contribution in [-0.4, -0.2) is 30.3 Å². The molecular weight excluding hydrogens is 530 g/mol. The first-order valence-corrected chi connectivity index (χ1v) is 13.0. The first-order chi connectivity index (χ1) is 19.4. The number of benzene rings is 4. The molecule has 0 aromatic heterocycles. The summed E-state index contributed by atoms with van der Waals surface area (Å²) in [6.45, 7) is 2.14. The van der Waals surface area contributed by atoms with Crippen molar-refractivity contribution in [3.05, 3.63) is 113 Å². The van der Waals surface area contributed by atoms with Gasteiger partial charge >= 0.3 is 5.97 Å². The SMILES string of the molecule is CCCOC(=O)c1cccc(N2C(=O)C(Cl)=C(Nc3ccc(C(=O)Nc4cccc5ccccc45)cc3)C2=O)c1. The molecule has 1 heterocycles. The third-order valence-electron chi connectivity index (χ3n) is 6.26. The van der Waals surface area contributed by atoms with E-state index in [1.807, 2.05) is 49.4 Å². The van der Waals surface area contributed by atoms with Gasteiger partial charge in [0.05, 0.1) is 17.9 Å². The smallest absolute Gasteiger partial charge is 0.338 e. The number of esters is 1. The van der Waals surface area contributed by atoms with Crippen LogP contribution < -0.4 is 15.5 Å². The highest BCUT2D eigenvalue weighted by molar-refractivity contribution is 6.53. The van der Waals surface area contributed by atoms with E-state index in [-0.39, 0.29) is 34.5 Å². The van der Waals surface area contributed by atoms with Crippen molar-refractivity contribution in [1.82, 2.24) is 0 Å². The standard InChI is InChI=1S/C31H24ClN3O5/c1-2-17-40-31(39)21-9-5-10-23(18-21)35-29(37)26(32)27(30(35)38)33-22-15-13-20(14-16-22)28(36)34-25-12-6-8-19-7-3-4-11-24(19)25/h3-16,18,33H,2,17H2,1H3,(H,34,36). The molecule has 0 spiro atoms. The van der Waals surface area contributed by atoms with E-state index < -0.39 is 17.8 Å². The van der Waals surface area contributed by atoms with Crippen molar-refractivity contribution in [2.45, 2.75) is 13.3 Å². The first kappa shape index (κ1) is 26.6. The summed E-state index contributed by atoms with van der Waals surface area (Å²) in [6, 6.07) is 25.9. The number of imide groups is 1. The molecular formula is C31H24ClN3O5. The second-order valence-electron chi connectivity index (χ2n) is 9.00. The van der Waals surface area contributed by atoms with Crippen molar-refractivity contribution in [2.24, 2.45) is 0 Å². The molecule has 8 nitrogen and oxygen atoms in total. The number of fused-ring (bicyclic) bond motifs is 1. The molecule has 0 saturated carbocycles. The quantitative estimate of drug-likeness (QED) is 0.202. The van der Waals surface area contributed by atoms with Crippen molar-refractivity contribution in [1.29, 1.82) is 0 Å². The fourth-order valence-electron chi connectivity index (χ4n) is 4.27. The topological polar surface area (TPSA) is 105 Å². The van der Waals surface area contributed by atoms with Crippen LogP contribution in [0.5, 0.6) is 0 Å². The van der Waals surface area contributed by atoms with Gasteiger partial charge in [-0.1, -0.05) is 61.0 Å². The number of carbonyl (C=O) groups excluding carboxylic acids is 4. The summed E-state index contributed by atoms with van der Waals surface area (Å²) in [4.78, 5) is 52.1. The molecule has 1 aliphatic heterocycles. The summed E-state index contributed by atoms with van der Waals surface area (Å²) in [5.74, 6) is -2.24. The van der Waals surface area contributed by atoms with Crippen molar-refractivity contribution in [3.8, 4) is 0 Å². The Kier molecular flexibility index (Phi) is 7.61. The monoisotopic (exact) mass is 553 g/mol. The largest absolute Gasteiger partial charge is 0.462 e. The Morgan fingerprint density at radius 1 is 0.850 bits per heavy atom. The zero-order valence-electron chi connectivity index (χ0n) is 21.4. The summed E-state index contributed by atoms with van der Waals surface area (Å²) >= 11 is 6.26. The molecule has 0 fully saturated rings. The second kappa shape index (κ2) is 11.4. The number of hydrogen-bond acceptors (Lipinski definition) is 6. The molecule has 2 N–H and O–H groups in total. The third kappa shape index (κ3) is 5.30. The average Bonchev–Trinajstić information content (AvgIpc) is 3.19. The first-order valence-electron chi connectivity index (χ1n) is 12.6. The lowest BCUT2D eigenvalue weighted by Gasteiger charge is -2.16. The van der Waals surface area contributed by atoms with Gasteiger partial charge in [-0.3, -0.25) is 14.4 Å². The molecule has 0 aliphatic carbocycles. The molecule has 4 aromatic rings. The van der Waals surface area contributed by atoms with Gasteiger partial charge in [0, 0.05) is 22.3 Å². The van der Waals surface area contributed by atoms with Crippen molar-refractivity contribution < 1.29 is 23.9 Å². The van der Waals surface area contributed by atoms with Crippen molar-refractivity contribution >= 4 is 63.1 Å². The van der Waals surface area contributed by atoms with Gasteiger partial charge in [0.25, 0.3) is 17.7 Å². The Morgan fingerprint density at radius 2 is 1.57 bits per heavy atom. The van der Waals surface area contributed by atoms with Crippen LogP contribution in [0.3, 0.4) is 0 Å². The molecule has 1 aliphatic rings. The van der Waals surface area contributed by atoms with E-state index in [1.54, 1.807) is 36.4 Å². The summed E-state index contributed by atoms with van der Waals surface area (Å²) < 4.78 is 5.14. The highest BCUT2D eigenvalue weighted by atomic mass is 35.5. The third-order valence-corrected chi connectivity index (χ3v) is 6.61. The van der Waals surface area contributed by atoms with Crippen LogP contribution in [0, 0.1) is 0 Å². The minimum atomic E-state index is -0.723. The van der Waals surface area contributed by atoms with Crippen LogP contribution >= 0.6 is 11.6 Å². The predicted molar refractivity (Wildman–Crippen MR) is 154 cm³/mol. The van der Waals surface area contributed by atoms with E-state index in [2.05, 4.69) is 10.6 Å².